The molecule has 162 valence electrons. The number of fused-ring (bicyclic) bond motifs is 1. The summed E-state index contributed by atoms with van der Waals surface area (Å²) in [6.45, 7) is 8.80. The van der Waals surface area contributed by atoms with Crippen molar-refractivity contribution in [1.29, 1.82) is 0 Å². The van der Waals surface area contributed by atoms with Crippen LogP contribution in [0.25, 0.3) is 0 Å². The smallest absolute Gasteiger partial charge is 0.120 e. The molecule has 2 aliphatic rings. The first-order valence-corrected chi connectivity index (χ1v) is 11.4. The van der Waals surface area contributed by atoms with Gasteiger partial charge in [-0.05, 0) is 85.8 Å². The minimum atomic E-state index is 0.281. The number of hydrogen-bond acceptors (Lipinski definition) is 4. The third kappa shape index (κ3) is 4.65. The number of hydrogen-bond donors (Lipinski definition) is 1. The van der Waals surface area contributed by atoms with Crippen LogP contribution in [0.4, 0.5) is 0 Å². The normalized spacial score (nSPS) is 21.3. The average Bonchev–Trinajstić information content (AvgIpc) is 2.77. The fourth-order valence-electron chi connectivity index (χ4n) is 5.13. The van der Waals surface area contributed by atoms with Gasteiger partial charge in [-0.2, -0.15) is 0 Å². The summed E-state index contributed by atoms with van der Waals surface area (Å²) in [5.41, 5.74) is 4.15. The molecule has 4 heteroatoms. The summed E-state index contributed by atoms with van der Waals surface area (Å²) in [6.07, 6.45) is 2.69. The van der Waals surface area contributed by atoms with Gasteiger partial charge in [0.15, 0.2) is 0 Å². The monoisotopic (exact) mass is 408 g/mol. The Morgan fingerprint density at radius 1 is 1.00 bits per heavy atom. The first kappa shape index (κ1) is 21.2. The number of nitrogens with one attached hydrogen (secondary N) is 1. The van der Waals surface area contributed by atoms with Crippen molar-refractivity contribution in [2.24, 2.45) is 11.8 Å². The van der Waals surface area contributed by atoms with Gasteiger partial charge in [0.2, 0.25) is 0 Å². The molecule has 0 aliphatic carbocycles. The lowest BCUT2D eigenvalue weighted by molar-refractivity contribution is 0.0718. The molecule has 0 radical (unpaired) electrons. The fourth-order valence-corrected chi connectivity index (χ4v) is 5.13. The maximum absolute atomic E-state index is 6.63. The molecule has 2 aromatic rings. The highest BCUT2D eigenvalue weighted by Crippen LogP contribution is 2.36. The number of ether oxygens (including phenoxy) is 2. The van der Waals surface area contributed by atoms with E-state index in [0.29, 0.717) is 17.8 Å². The van der Waals surface area contributed by atoms with Crippen LogP contribution < -0.4 is 14.8 Å². The van der Waals surface area contributed by atoms with E-state index >= 15 is 0 Å². The van der Waals surface area contributed by atoms with Gasteiger partial charge >= 0.3 is 0 Å². The Balaban J connectivity index is 1.57. The maximum Gasteiger partial charge on any atom is 0.120 e. The van der Waals surface area contributed by atoms with Gasteiger partial charge in [-0.25, -0.2) is 0 Å². The van der Waals surface area contributed by atoms with Crippen molar-refractivity contribution in [2.75, 3.05) is 33.8 Å². The van der Waals surface area contributed by atoms with Crippen molar-refractivity contribution in [1.82, 2.24) is 10.2 Å². The second-order valence-electron chi connectivity index (χ2n) is 9.30. The highest BCUT2D eigenvalue weighted by Gasteiger charge is 2.29. The van der Waals surface area contributed by atoms with Crippen LogP contribution in [-0.4, -0.2) is 44.8 Å². The predicted octanol–water partition coefficient (Wildman–Crippen LogP) is 4.68. The molecule has 0 aromatic heterocycles. The first-order valence-electron chi connectivity index (χ1n) is 11.4. The second-order valence-corrected chi connectivity index (χ2v) is 9.30. The van der Waals surface area contributed by atoms with Crippen LogP contribution in [0.15, 0.2) is 42.5 Å². The van der Waals surface area contributed by atoms with Crippen LogP contribution in [0.3, 0.4) is 0 Å². The standard InChI is InChI=1S/C26H36N2O2/c1-18(2)26(20-11-13-27-14-12-20)30-23-9-10-24-21(15-23)16-28(3)17-25(24)19-5-7-22(29-4)8-6-19/h5-10,15,18,20,25-27H,11-14,16-17H2,1-4H3. The van der Waals surface area contributed by atoms with Crippen molar-refractivity contribution in [3.8, 4) is 11.5 Å². The maximum atomic E-state index is 6.63. The van der Waals surface area contributed by atoms with Crippen molar-refractivity contribution < 1.29 is 9.47 Å². The van der Waals surface area contributed by atoms with E-state index in [1.54, 1.807) is 7.11 Å². The van der Waals surface area contributed by atoms with E-state index in [0.717, 1.165) is 37.7 Å². The molecular formula is C26H36N2O2. The molecule has 4 nitrogen and oxygen atoms in total. The second kappa shape index (κ2) is 9.40. The van der Waals surface area contributed by atoms with E-state index in [9.17, 15) is 0 Å². The van der Waals surface area contributed by atoms with Crippen LogP contribution in [-0.2, 0) is 6.54 Å². The van der Waals surface area contributed by atoms with E-state index in [1.807, 2.05) is 0 Å². The summed E-state index contributed by atoms with van der Waals surface area (Å²) < 4.78 is 12.0. The van der Waals surface area contributed by atoms with E-state index in [4.69, 9.17) is 9.47 Å². The lowest BCUT2D eigenvalue weighted by atomic mass is 9.84. The molecule has 1 fully saturated rings. The number of piperidine rings is 1. The molecule has 2 aromatic carbocycles. The van der Waals surface area contributed by atoms with E-state index < -0.39 is 0 Å². The zero-order chi connectivity index (χ0) is 21.1. The number of methoxy groups -OCH3 is 1. The molecule has 4 rings (SSSR count). The van der Waals surface area contributed by atoms with Gasteiger partial charge in [0.25, 0.3) is 0 Å². The molecule has 2 heterocycles. The quantitative estimate of drug-likeness (QED) is 0.753. The molecule has 0 saturated carbocycles. The molecule has 2 unspecified atom stereocenters. The van der Waals surface area contributed by atoms with Crippen LogP contribution in [0.1, 0.15) is 49.3 Å². The summed E-state index contributed by atoms with van der Waals surface area (Å²) >= 11 is 0. The van der Waals surface area contributed by atoms with E-state index in [-0.39, 0.29) is 6.10 Å². The Morgan fingerprint density at radius 2 is 1.70 bits per heavy atom. The zero-order valence-electron chi connectivity index (χ0n) is 18.9. The fraction of sp³-hybridized carbons (Fsp3) is 0.538. The molecule has 0 bridgehead atoms. The molecule has 2 aliphatic heterocycles. The van der Waals surface area contributed by atoms with Gasteiger partial charge in [-0.3, -0.25) is 0 Å². The number of likely N-dealkylation sites (N-methyl/N-ethyl adjacent to an activating group) is 1. The van der Waals surface area contributed by atoms with Gasteiger partial charge in [0.05, 0.1) is 7.11 Å². The van der Waals surface area contributed by atoms with Crippen molar-refractivity contribution in [3.63, 3.8) is 0 Å². The highest BCUT2D eigenvalue weighted by molar-refractivity contribution is 5.45. The number of benzene rings is 2. The summed E-state index contributed by atoms with van der Waals surface area (Å²) in [6, 6.07) is 15.3. The van der Waals surface area contributed by atoms with E-state index in [1.165, 1.54) is 29.5 Å². The molecule has 1 N–H and O–H groups in total. The largest absolute Gasteiger partial charge is 0.497 e. The lowest BCUT2D eigenvalue weighted by Gasteiger charge is -2.35. The number of nitrogens with zero attached hydrogens (tertiary/aromatic N) is 1. The van der Waals surface area contributed by atoms with Crippen molar-refractivity contribution in [2.45, 2.75) is 45.3 Å². The highest BCUT2D eigenvalue weighted by atomic mass is 16.5. The van der Waals surface area contributed by atoms with Crippen molar-refractivity contribution >= 4 is 0 Å². The SMILES string of the molecule is COc1ccc(C2CN(C)Cc3cc(OC(C(C)C)C4CCNCC4)ccc32)cc1. The summed E-state index contributed by atoms with van der Waals surface area (Å²) in [5, 5.41) is 3.48. The summed E-state index contributed by atoms with van der Waals surface area (Å²) in [7, 11) is 3.92. The van der Waals surface area contributed by atoms with Crippen LogP contribution in [0, 0.1) is 11.8 Å². The minimum Gasteiger partial charge on any atom is -0.497 e. The Labute approximate surface area is 181 Å². The predicted molar refractivity (Wildman–Crippen MR) is 122 cm³/mol. The molecule has 1 saturated heterocycles. The molecule has 0 amide bonds. The number of rotatable bonds is 6. The summed E-state index contributed by atoms with van der Waals surface area (Å²) in [4.78, 5) is 2.41. The van der Waals surface area contributed by atoms with Crippen LogP contribution in [0.2, 0.25) is 0 Å². The third-order valence-corrected chi connectivity index (χ3v) is 6.72. The van der Waals surface area contributed by atoms with Gasteiger partial charge in [0, 0.05) is 19.0 Å². The van der Waals surface area contributed by atoms with Crippen LogP contribution >= 0.6 is 0 Å². The molecule has 0 spiro atoms. The topological polar surface area (TPSA) is 33.7 Å². The minimum absolute atomic E-state index is 0.281. The lowest BCUT2D eigenvalue weighted by Crippen LogP contribution is -2.39. The Kier molecular flexibility index (Phi) is 6.64. The molecular weight excluding hydrogens is 372 g/mol. The van der Waals surface area contributed by atoms with Crippen molar-refractivity contribution in [3.05, 3.63) is 59.2 Å². The average molecular weight is 409 g/mol. The zero-order valence-corrected chi connectivity index (χ0v) is 18.9. The Morgan fingerprint density at radius 3 is 2.37 bits per heavy atom. The van der Waals surface area contributed by atoms with Gasteiger partial charge in [0.1, 0.15) is 17.6 Å². The summed E-state index contributed by atoms with van der Waals surface area (Å²) in [5.74, 6) is 3.46. The Bertz CT molecular complexity index is 827. The van der Waals surface area contributed by atoms with Gasteiger partial charge in [-0.15, -0.1) is 0 Å². The van der Waals surface area contributed by atoms with Crippen LogP contribution in [0.5, 0.6) is 11.5 Å². The van der Waals surface area contributed by atoms with E-state index in [2.05, 4.69) is 73.6 Å². The Hall–Kier alpha value is -2.04. The molecule has 2 atom stereocenters. The third-order valence-electron chi connectivity index (χ3n) is 6.72. The first-order chi connectivity index (χ1) is 14.5. The van der Waals surface area contributed by atoms with Gasteiger partial charge < -0.3 is 19.7 Å². The van der Waals surface area contributed by atoms with Gasteiger partial charge in [-0.1, -0.05) is 32.0 Å². The molecule has 30 heavy (non-hydrogen) atoms.